The molecule has 0 amide bonds. The Balaban J connectivity index is 2.13. The van der Waals surface area contributed by atoms with Crippen LogP contribution in [-0.2, 0) is 6.42 Å². The van der Waals surface area contributed by atoms with Crippen molar-refractivity contribution in [1.82, 2.24) is 0 Å². The summed E-state index contributed by atoms with van der Waals surface area (Å²) in [6, 6.07) is 6.21. The SMILES string of the molecule is COc1ccc(Br)c(CC2CCCC2Br)c1. The van der Waals surface area contributed by atoms with Gasteiger partial charge in [0.05, 0.1) is 7.11 Å². The molecule has 88 valence electrons. The number of rotatable bonds is 3. The van der Waals surface area contributed by atoms with Crippen LogP contribution in [0.2, 0.25) is 0 Å². The summed E-state index contributed by atoms with van der Waals surface area (Å²) < 4.78 is 6.46. The summed E-state index contributed by atoms with van der Waals surface area (Å²) >= 11 is 7.39. The van der Waals surface area contributed by atoms with E-state index in [4.69, 9.17) is 4.74 Å². The van der Waals surface area contributed by atoms with E-state index in [9.17, 15) is 0 Å². The van der Waals surface area contributed by atoms with Crippen molar-refractivity contribution in [3.63, 3.8) is 0 Å². The zero-order valence-corrected chi connectivity index (χ0v) is 12.6. The molecule has 1 aromatic rings. The second-order valence-corrected chi connectivity index (χ2v) is 6.40. The minimum absolute atomic E-state index is 0.686. The molecule has 1 aliphatic rings. The van der Waals surface area contributed by atoms with Crippen molar-refractivity contribution >= 4 is 31.9 Å². The van der Waals surface area contributed by atoms with Gasteiger partial charge in [0.25, 0.3) is 0 Å². The third kappa shape index (κ3) is 2.80. The van der Waals surface area contributed by atoms with Gasteiger partial charge in [0.15, 0.2) is 0 Å². The molecule has 1 nitrogen and oxygen atoms in total. The molecule has 16 heavy (non-hydrogen) atoms. The fourth-order valence-corrected chi connectivity index (χ4v) is 3.52. The molecule has 0 aliphatic heterocycles. The molecule has 2 atom stereocenters. The summed E-state index contributed by atoms with van der Waals surface area (Å²) in [6.07, 6.45) is 5.13. The average molecular weight is 348 g/mol. The van der Waals surface area contributed by atoms with Gasteiger partial charge < -0.3 is 4.74 Å². The summed E-state index contributed by atoms with van der Waals surface area (Å²) in [5, 5.41) is 0. The Morgan fingerprint density at radius 1 is 1.38 bits per heavy atom. The topological polar surface area (TPSA) is 9.23 Å². The lowest BCUT2D eigenvalue weighted by molar-refractivity contribution is 0.413. The highest BCUT2D eigenvalue weighted by atomic mass is 79.9. The summed E-state index contributed by atoms with van der Waals surface area (Å²) in [4.78, 5) is 0.686. The van der Waals surface area contributed by atoms with E-state index in [0.29, 0.717) is 4.83 Å². The molecule has 0 bridgehead atoms. The van der Waals surface area contributed by atoms with Crippen molar-refractivity contribution < 1.29 is 4.74 Å². The van der Waals surface area contributed by atoms with E-state index in [-0.39, 0.29) is 0 Å². The van der Waals surface area contributed by atoms with Crippen LogP contribution < -0.4 is 4.74 Å². The highest BCUT2D eigenvalue weighted by Gasteiger charge is 2.25. The fraction of sp³-hybridized carbons (Fsp3) is 0.538. The molecule has 2 unspecified atom stereocenters. The Kier molecular flexibility index (Phi) is 4.31. The van der Waals surface area contributed by atoms with E-state index >= 15 is 0 Å². The van der Waals surface area contributed by atoms with Gasteiger partial charge in [0.2, 0.25) is 0 Å². The molecule has 0 spiro atoms. The zero-order valence-electron chi connectivity index (χ0n) is 9.38. The lowest BCUT2D eigenvalue weighted by Crippen LogP contribution is -2.10. The van der Waals surface area contributed by atoms with Gasteiger partial charge in [0, 0.05) is 9.30 Å². The number of methoxy groups -OCH3 is 1. The van der Waals surface area contributed by atoms with Crippen LogP contribution in [0.15, 0.2) is 22.7 Å². The predicted octanol–water partition coefficient (Wildman–Crippen LogP) is 4.56. The van der Waals surface area contributed by atoms with E-state index in [1.807, 2.05) is 6.07 Å². The second-order valence-electron chi connectivity index (χ2n) is 4.37. The molecule has 0 N–H and O–H groups in total. The first-order chi connectivity index (χ1) is 7.70. The molecule has 1 saturated carbocycles. The molecule has 1 fully saturated rings. The summed E-state index contributed by atoms with van der Waals surface area (Å²) in [7, 11) is 1.72. The van der Waals surface area contributed by atoms with Gasteiger partial charge in [-0.15, -0.1) is 0 Å². The maximum absolute atomic E-state index is 5.27. The Bertz CT molecular complexity index is 365. The van der Waals surface area contributed by atoms with Gasteiger partial charge in [-0.05, 0) is 48.9 Å². The van der Waals surface area contributed by atoms with Crippen molar-refractivity contribution in [3.8, 4) is 5.75 Å². The van der Waals surface area contributed by atoms with E-state index < -0.39 is 0 Å². The number of hydrogen-bond donors (Lipinski definition) is 0. The third-order valence-electron chi connectivity index (χ3n) is 3.30. The average Bonchev–Trinajstić information content (AvgIpc) is 2.68. The monoisotopic (exact) mass is 346 g/mol. The molecule has 3 heteroatoms. The molecule has 2 rings (SSSR count). The maximum Gasteiger partial charge on any atom is 0.119 e. The molecule has 0 aromatic heterocycles. The van der Waals surface area contributed by atoms with Crippen molar-refractivity contribution in [2.45, 2.75) is 30.5 Å². The van der Waals surface area contributed by atoms with E-state index in [1.54, 1.807) is 7.11 Å². The van der Waals surface area contributed by atoms with Gasteiger partial charge in [0.1, 0.15) is 5.75 Å². The van der Waals surface area contributed by atoms with Crippen LogP contribution in [0.25, 0.3) is 0 Å². The maximum atomic E-state index is 5.27. The molecule has 1 aromatic carbocycles. The highest BCUT2D eigenvalue weighted by molar-refractivity contribution is 9.10. The Hall–Kier alpha value is -0.0200. The highest BCUT2D eigenvalue weighted by Crippen LogP contribution is 2.36. The normalized spacial score (nSPS) is 24.7. The van der Waals surface area contributed by atoms with Crippen molar-refractivity contribution in [2.24, 2.45) is 5.92 Å². The summed E-state index contributed by atoms with van der Waals surface area (Å²) in [6.45, 7) is 0. The van der Waals surface area contributed by atoms with Gasteiger partial charge in [-0.3, -0.25) is 0 Å². The largest absolute Gasteiger partial charge is 0.497 e. The molecular formula is C13H16Br2O. The summed E-state index contributed by atoms with van der Waals surface area (Å²) in [5.41, 5.74) is 1.36. The smallest absolute Gasteiger partial charge is 0.119 e. The molecule has 0 heterocycles. The van der Waals surface area contributed by atoms with E-state index in [0.717, 1.165) is 18.1 Å². The van der Waals surface area contributed by atoms with E-state index in [1.165, 1.54) is 29.3 Å². The Morgan fingerprint density at radius 3 is 2.81 bits per heavy atom. The molecular weight excluding hydrogens is 332 g/mol. The standard InChI is InChI=1S/C13H16Br2O/c1-16-11-5-6-13(15)10(8-11)7-9-3-2-4-12(9)14/h5-6,8-9,12H,2-4,7H2,1H3. The number of alkyl halides is 1. The first kappa shape index (κ1) is 12.4. The first-order valence-corrected chi connectivity index (χ1v) is 7.38. The first-order valence-electron chi connectivity index (χ1n) is 5.67. The quantitative estimate of drug-likeness (QED) is 0.728. The van der Waals surface area contributed by atoms with Gasteiger partial charge in [-0.25, -0.2) is 0 Å². The van der Waals surface area contributed by atoms with Crippen LogP contribution >= 0.6 is 31.9 Å². The molecule has 1 aliphatic carbocycles. The van der Waals surface area contributed by atoms with Crippen LogP contribution in [0, 0.1) is 5.92 Å². The van der Waals surface area contributed by atoms with Crippen LogP contribution in [0.4, 0.5) is 0 Å². The van der Waals surface area contributed by atoms with Gasteiger partial charge in [-0.2, -0.15) is 0 Å². The lowest BCUT2D eigenvalue weighted by atomic mass is 9.98. The lowest BCUT2D eigenvalue weighted by Gasteiger charge is -2.15. The van der Waals surface area contributed by atoms with Crippen LogP contribution in [0.1, 0.15) is 24.8 Å². The van der Waals surface area contributed by atoms with Crippen LogP contribution in [0.5, 0.6) is 5.75 Å². The molecule has 0 saturated heterocycles. The minimum atomic E-state index is 0.686. The van der Waals surface area contributed by atoms with Crippen molar-refractivity contribution in [2.75, 3.05) is 7.11 Å². The Labute approximate surface area is 114 Å². The zero-order chi connectivity index (χ0) is 11.5. The number of halogens is 2. The number of benzene rings is 1. The fourth-order valence-electron chi connectivity index (χ4n) is 2.34. The Morgan fingerprint density at radius 2 is 2.19 bits per heavy atom. The number of hydrogen-bond acceptors (Lipinski definition) is 1. The molecule has 0 radical (unpaired) electrons. The van der Waals surface area contributed by atoms with Crippen LogP contribution in [-0.4, -0.2) is 11.9 Å². The predicted molar refractivity (Wildman–Crippen MR) is 74.5 cm³/mol. The second kappa shape index (κ2) is 5.54. The number of ether oxygens (including phenoxy) is 1. The van der Waals surface area contributed by atoms with E-state index in [2.05, 4.69) is 44.0 Å². The summed E-state index contributed by atoms with van der Waals surface area (Å²) in [5.74, 6) is 1.71. The van der Waals surface area contributed by atoms with Gasteiger partial charge in [-0.1, -0.05) is 38.3 Å². The van der Waals surface area contributed by atoms with Crippen LogP contribution in [0.3, 0.4) is 0 Å². The minimum Gasteiger partial charge on any atom is -0.497 e. The third-order valence-corrected chi connectivity index (χ3v) is 5.28. The van der Waals surface area contributed by atoms with Crippen molar-refractivity contribution in [1.29, 1.82) is 0 Å². The van der Waals surface area contributed by atoms with Crippen molar-refractivity contribution in [3.05, 3.63) is 28.2 Å². The van der Waals surface area contributed by atoms with Gasteiger partial charge >= 0.3 is 0 Å².